The summed E-state index contributed by atoms with van der Waals surface area (Å²) in [7, 11) is 0. The standard InChI is InChI=1S/C5H8N4S/c1-2-3(6)4(7)9-5(10)8-2/h6H2,1H3,(H3,7,8,9,10). The molecular weight excluding hydrogens is 148 g/mol. The van der Waals surface area contributed by atoms with Gasteiger partial charge in [0.05, 0.1) is 11.4 Å². The van der Waals surface area contributed by atoms with Crippen molar-refractivity contribution in [2.24, 2.45) is 0 Å². The minimum Gasteiger partial charge on any atom is -0.394 e. The van der Waals surface area contributed by atoms with Crippen LogP contribution < -0.4 is 11.5 Å². The van der Waals surface area contributed by atoms with Crippen molar-refractivity contribution in [3.63, 3.8) is 0 Å². The highest BCUT2D eigenvalue weighted by Gasteiger charge is 2.01. The van der Waals surface area contributed by atoms with Crippen molar-refractivity contribution in [2.75, 3.05) is 11.5 Å². The van der Waals surface area contributed by atoms with Gasteiger partial charge in [0.2, 0.25) is 0 Å². The summed E-state index contributed by atoms with van der Waals surface area (Å²) in [6.07, 6.45) is 0. The summed E-state index contributed by atoms with van der Waals surface area (Å²) in [5, 5.41) is 0.351. The van der Waals surface area contributed by atoms with Gasteiger partial charge in [-0.1, -0.05) is 0 Å². The summed E-state index contributed by atoms with van der Waals surface area (Å²) in [5.74, 6) is 0.289. The molecule has 0 aromatic carbocycles. The third-order valence-electron chi connectivity index (χ3n) is 1.15. The Labute approximate surface area is 64.1 Å². The SMILES string of the molecule is Cc1nc(S)nc(N)c1N. The van der Waals surface area contributed by atoms with Crippen LogP contribution in [-0.4, -0.2) is 9.97 Å². The predicted octanol–water partition coefficient (Wildman–Crippen LogP) is 0.238. The van der Waals surface area contributed by atoms with Gasteiger partial charge in [-0.2, -0.15) is 0 Å². The molecule has 0 saturated carbocycles. The maximum atomic E-state index is 5.47. The monoisotopic (exact) mass is 156 g/mol. The molecule has 54 valence electrons. The first-order chi connectivity index (χ1) is 4.61. The normalized spacial score (nSPS) is 9.80. The van der Waals surface area contributed by atoms with Gasteiger partial charge in [-0.05, 0) is 6.92 Å². The topological polar surface area (TPSA) is 77.8 Å². The van der Waals surface area contributed by atoms with Crippen molar-refractivity contribution in [1.82, 2.24) is 9.97 Å². The fourth-order valence-electron chi connectivity index (χ4n) is 0.589. The van der Waals surface area contributed by atoms with Crippen LogP contribution in [0.25, 0.3) is 0 Å². The lowest BCUT2D eigenvalue weighted by Gasteiger charge is -2.01. The minimum atomic E-state index is 0.289. The maximum absolute atomic E-state index is 5.47. The van der Waals surface area contributed by atoms with E-state index < -0.39 is 0 Å². The van der Waals surface area contributed by atoms with Crippen LogP contribution in [0.5, 0.6) is 0 Å². The molecule has 0 saturated heterocycles. The molecule has 1 rings (SSSR count). The molecule has 0 bridgehead atoms. The number of aromatic nitrogens is 2. The van der Waals surface area contributed by atoms with Crippen LogP contribution >= 0.6 is 12.6 Å². The zero-order valence-electron chi connectivity index (χ0n) is 5.50. The molecule has 0 radical (unpaired) electrons. The van der Waals surface area contributed by atoms with Gasteiger partial charge >= 0.3 is 0 Å². The Kier molecular flexibility index (Phi) is 1.67. The number of aryl methyl sites for hydroxylation is 1. The van der Waals surface area contributed by atoms with Crippen LogP contribution in [0.1, 0.15) is 5.69 Å². The number of rotatable bonds is 0. The van der Waals surface area contributed by atoms with Crippen molar-refractivity contribution in [2.45, 2.75) is 12.1 Å². The van der Waals surface area contributed by atoms with Crippen molar-refractivity contribution < 1.29 is 0 Å². The molecule has 0 fully saturated rings. The van der Waals surface area contributed by atoms with Gasteiger partial charge in [-0.3, -0.25) is 0 Å². The molecule has 1 heterocycles. The van der Waals surface area contributed by atoms with Gasteiger partial charge in [0.1, 0.15) is 0 Å². The summed E-state index contributed by atoms with van der Waals surface area (Å²) in [4.78, 5) is 7.62. The van der Waals surface area contributed by atoms with Gasteiger partial charge in [0.15, 0.2) is 11.0 Å². The van der Waals surface area contributed by atoms with Crippen LogP contribution in [0, 0.1) is 6.92 Å². The fraction of sp³-hybridized carbons (Fsp3) is 0.200. The summed E-state index contributed by atoms with van der Waals surface area (Å²) >= 11 is 3.91. The van der Waals surface area contributed by atoms with Gasteiger partial charge in [-0.25, -0.2) is 9.97 Å². The number of thiol groups is 1. The lowest BCUT2D eigenvalue weighted by molar-refractivity contribution is 0.952. The molecule has 0 unspecified atom stereocenters. The fourth-order valence-corrected chi connectivity index (χ4v) is 0.846. The Morgan fingerprint density at radius 1 is 1.30 bits per heavy atom. The first kappa shape index (κ1) is 7.14. The molecule has 5 heteroatoms. The average Bonchev–Trinajstić information content (AvgIpc) is 1.82. The lowest BCUT2D eigenvalue weighted by atomic mass is 10.4. The van der Waals surface area contributed by atoms with Crippen LogP contribution in [0.4, 0.5) is 11.5 Å². The zero-order valence-corrected chi connectivity index (χ0v) is 6.39. The lowest BCUT2D eigenvalue weighted by Crippen LogP contribution is -2.02. The zero-order chi connectivity index (χ0) is 7.72. The Hall–Kier alpha value is -0.970. The summed E-state index contributed by atoms with van der Waals surface area (Å²) in [6, 6.07) is 0. The van der Waals surface area contributed by atoms with E-state index in [4.69, 9.17) is 11.5 Å². The number of nitrogens with zero attached hydrogens (tertiary/aromatic N) is 2. The second-order valence-electron chi connectivity index (χ2n) is 1.91. The average molecular weight is 156 g/mol. The van der Waals surface area contributed by atoms with Crippen LogP contribution in [-0.2, 0) is 0 Å². The van der Waals surface area contributed by atoms with E-state index in [2.05, 4.69) is 22.6 Å². The Balaban J connectivity index is 3.31. The molecule has 10 heavy (non-hydrogen) atoms. The predicted molar refractivity (Wildman–Crippen MR) is 42.8 cm³/mol. The summed E-state index contributed by atoms with van der Waals surface area (Å²) < 4.78 is 0. The van der Waals surface area contributed by atoms with E-state index in [1.807, 2.05) is 0 Å². The van der Waals surface area contributed by atoms with E-state index >= 15 is 0 Å². The number of anilines is 2. The third-order valence-corrected chi connectivity index (χ3v) is 1.35. The highest BCUT2D eigenvalue weighted by Crippen LogP contribution is 2.15. The smallest absolute Gasteiger partial charge is 0.186 e. The van der Waals surface area contributed by atoms with Crippen molar-refractivity contribution in [3.05, 3.63) is 5.69 Å². The molecule has 0 spiro atoms. The highest BCUT2D eigenvalue weighted by molar-refractivity contribution is 7.80. The van der Waals surface area contributed by atoms with Gasteiger partial charge in [-0.15, -0.1) is 12.6 Å². The van der Waals surface area contributed by atoms with E-state index in [0.29, 0.717) is 16.5 Å². The maximum Gasteiger partial charge on any atom is 0.186 e. The van der Waals surface area contributed by atoms with Crippen LogP contribution in [0.3, 0.4) is 0 Å². The third kappa shape index (κ3) is 1.13. The quantitative estimate of drug-likeness (QED) is 0.371. The van der Waals surface area contributed by atoms with Crippen molar-refractivity contribution >= 4 is 24.1 Å². The van der Waals surface area contributed by atoms with E-state index in [0.717, 1.165) is 0 Å². The first-order valence-electron chi connectivity index (χ1n) is 2.70. The molecule has 0 amide bonds. The van der Waals surface area contributed by atoms with Crippen molar-refractivity contribution in [3.8, 4) is 0 Å². The van der Waals surface area contributed by atoms with E-state index in [-0.39, 0.29) is 5.82 Å². The number of nitrogen functional groups attached to an aromatic ring is 2. The Bertz CT molecular complexity index is 237. The number of hydrogen-bond donors (Lipinski definition) is 3. The highest BCUT2D eigenvalue weighted by atomic mass is 32.1. The summed E-state index contributed by atoms with van der Waals surface area (Å²) in [5.41, 5.74) is 12.0. The molecule has 1 aromatic heterocycles. The van der Waals surface area contributed by atoms with E-state index in [1.54, 1.807) is 6.92 Å². The van der Waals surface area contributed by atoms with Crippen molar-refractivity contribution in [1.29, 1.82) is 0 Å². The van der Waals surface area contributed by atoms with E-state index in [1.165, 1.54) is 0 Å². The van der Waals surface area contributed by atoms with Gasteiger partial charge < -0.3 is 11.5 Å². The largest absolute Gasteiger partial charge is 0.394 e. The Morgan fingerprint density at radius 3 is 2.40 bits per heavy atom. The molecule has 4 N–H and O–H groups in total. The molecule has 0 aliphatic rings. The van der Waals surface area contributed by atoms with Gasteiger partial charge in [0.25, 0.3) is 0 Å². The molecule has 0 aliphatic heterocycles. The number of hydrogen-bond acceptors (Lipinski definition) is 5. The molecular formula is C5H8N4S. The van der Waals surface area contributed by atoms with Crippen LogP contribution in [0.2, 0.25) is 0 Å². The second kappa shape index (κ2) is 2.34. The molecule has 0 aliphatic carbocycles. The van der Waals surface area contributed by atoms with Crippen LogP contribution in [0.15, 0.2) is 5.16 Å². The first-order valence-corrected chi connectivity index (χ1v) is 3.14. The minimum absolute atomic E-state index is 0.289. The molecule has 0 atom stereocenters. The number of nitrogens with two attached hydrogens (primary N) is 2. The second-order valence-corrected chi connectivity index (χ2v) is 2.31. The van der Waals surface area contributed by atoms with Gasteiger partial charge in [0, 0.05) is 0 Å². The summed E-state index contributed by atoms with van der Waals surface area (Å²) in [6.45, 7) is 1.76. The van der Waals surface area contributed by atoms with E-state index in [9.17, 15) is 0 Å². The molecule has 1 aromatic rings. The Morgan fingerprint density at radius 2 is 1.90 bits per heavy atom. The molecule has 4 nitrogen and oxygen atoms in total.